The number of hydrogen-bond donors (Lipinski definition) is 2. The highest BCUT2D eigenvalue weighted by Gasteiger charge is 2.37. The molecule has 1 rings (SSSR count). The molecule has 0 aromatic rings. The molecule has 1 aliphatic rings. The molecular weight excluding hydrogens is 280 g/mol. The van der Waals surface area contributed by atoms with Crippen molar-refractivity contribution >= 4 is 11.8 Å². The minimum atomic E-state index is -0.402. The van der Waals surface area contributed by atoms with E-state index in [9.17, 15) is 14.7 Å². The van der Waals surface area contributed by atoms with E-state index in [0.29, 0.717) is 25.3 Å². The van der Waals surface area contributed by atoms with Crippen LogP contribution < -0.4 is 5.73 Å². The molecule has 3 unspecified atom stereocenters. The third-order valence-corrected chi connectivity index (χ3v) is 4.61. The van der Waals surface area contributed by atoms with E-state index >= 15 is 0 Å². The first kappa shape index (κ1) is 18.9. The van der Waals surface area contributed by atoms with Gasteiger partial charge in [-0.25, -0.2) is 0 Å². The first-order valence-electron chi connectivity index (χ1n) is 8.62. The summed E-state index contributed by atoms with van der Waals surface area (Å²) in [5, 5.41) is 9.54. The van der Waals surface area contributed by atoms with Crippen molar-refractivity contribution < 1.29 is 14.7 Å². The van der Waals surface area contributed by atoms with Gasteiger partial charge >= 0.3 is 0 Å². The molecule has 2 amide bonds. The third kappa shape index (κ3) is 4.97. The summed E-state index contributed by atoms with van der Waals surface area (Å²) in [6.45, 7) is 6.80. The molecule has 3 N–H and O–H groups in total. The Labute approximate surface area is 134 Å². The summed E-state index contributed by atoms with van der Waals surface area (Å²) in [6, 6.07) is -0.105. The highest BCUT2D eigenvalue weighted by atomic mass is 16.3. The van der Waals surface area contributed by atoms with Gasteiger partial charge in [0.25, 0.3) is 0 Å². The Morgan fingerprint density at radius 1 is 1.27 bits per heavy atom. The Morgan fingerprint density at radius 2 is 1.95 bits per heavy atom. The predicted molar refractivity (Wildman–Crippen MR) is 87.0 cm³/mol. The first-order chi connectivity index (χ1) is 10.4. The number of aliphatic hydroxyl groups excluding tert-OH is 1. The lowest BCUT2D eigenvalue weighted by Crippen LogP contribution is -2.50. The zero-order valence-electron chi connectivity index (χ0n) is 14.3. The van der Waals surface area contributed by atoms with Crippen LogP contribution in [0.1, 0.15) is 59.3 Å². The number of primary amides is 1. The van der Waals surface area contributed by atoms with Crippen LogP contribution in [0.5, 0.6) is 0 Å². The molecule has 5 nitrogen and oxygen atoms in total. The van der Waals surface area contributed by atoms with Gasteiger partial charge in [0.2, 0.25) is 11.8 Å². The number of hydrogen-bond acceptors (Lipinski definition) is 3. The summed E-state index contributed by atoms with van der Waals surface area (Å²) in [7, 11) is 0. The minimum Gasteiger partial charge on any atom is -0.394 e. The van der Waals surface area contributed by atoms with Gasteiger partial charge < -0.3 is 15.7 Å². The molecule has 128 valence electrons. The van der Waals surface area contributed by atoms with Crippen LogP contribution >= 0.6 is 0 Å². The largest absolute Gasteiger partial charge is 0.394 e. The van der Waals surface area contributed by atoms with Crippen molar-refractivity contribution in [1.29, 1.82) is 0 Å². The quantitative estimate of drug-likeness (QED) is 0.718. The maximum atomic E-state index is 13.0. The Kier molecular flexibility index (Phi) is 7.87. The van der Waals surface area contributed by atoms with Crippen molar-refractivity contribution in [2.24, 2.45) is 23.5 Å². The monoisotopic (exact) mass is 312 g/mol. The van der Waals surface area contributed by atoms with Gasteiger partial charge in [0.1, 0.15) is 0 Å². The molecular formula is C17H32N2O3. The summed E-state index contributed by atoms with van der Waals surface area (Å²) in [5.41, 5.74) is 5.57. The molecule has 3 atom stereocenters. The summed E-state index contributed by atoms with van der Waals surface area (Å²) in [5.74, 6) is -0.807. The van der Waals surface area contributed by atoms with Crippen LogP contribution in [-0.4, -0.2) is 41.0 Å². The normalized spacial score (nSPS) is 21.7. The average molecular weight is 312 g/mol. The van der Waals surface area contributed by atoms with Gasteiger partial charge in [0.05, 0.1) is 12.6 Å². The standard InChI is InChI=1S/C17H32N2O3/c1-4-7-14(16(18)21)15(10-12(2)3)17(22)19-9-6-5-8-13(19)11-20/h12-15,20H,4-11H2,1-3H3,(H2,18,21). The predicted octanol–water partition coefficient (Wildman–Crippen LogP) is 1.92. The molecule has 5 heteroatoms. The summed E-state index contributed by atoms with van der Waals surface area (Å²) >= 11 is 0. The molecule has 1 saturated heterocycles. The molecule has 22 heavy (non-hydrogen) atoms. The first-order valence-corrected chi connectivity index (χ1v) is 8.62. The van der Waals surface area contributed by atoms with Gasteiger partial charge in [-0.3, -0.25) is 9.59 Å². The fraction of sp³-hybridized carbons (Fsp3) is 0.882. The van der Waals surface area contributed by atoms with Crippen molar-refractivity contribution in [3.8, 4) is 0 Å². The molecule has 0 bridgehead atoms. The number of rotatable bonds is 8. The van der Waals surface area contributed by atoms with E-state index in [0.717, 1.165) is 25.7 Å². The SMILES string of the molecule is CCCC(C(N)=O)C(CC(C)C)C(=O)N1CCCCC1CO. The number of amides is 2. The van der Waals surface area contributed by atoms with Gasteiger partial charge in [-0.05, 0) is 38.0 Å². The van der Waals surface area contributed by atoms with E-state index in [4.69, 9.17) is 5.73 Å². The van der Waals surface area contributed by atoms with Crippen LogP contribution in [0, 0.1) is 17.8 Å². The average Bonchev–Trinajstić information content (AvgIpc) is 2.49. The molecule has 0 spiro atoms. The van der Waals surface area contributed by atoms with Gasteiger partial charge in [0.15, 0.2) is 0 Å². The second kappa shape index (κ2) is 9.13. The van der Waals surface area contributed by atoms with E-state index in [2.05, 4.69) is 13.8 Å². The lowest BCUT2D eigenvalue weighted by atomic mass is 9.80. The highest BCUT2D eigenvalue weighted by Crippen LogP contribution is 2.29. The van der Waals surface area contributed by atoms with Crippen LogP contribution in [-0.2, 0) is 9.59 Å². The molecule has 0 aromatic carbocycles. The number of aliphatic hydroxyl groups is 1. The van der Waals surface area contributed by atoms with Crippen LogP contribution in [0.2, 0.25) is 0 Å². The summed E-state index contributed by atoms with van der Waals surface area (Å²) < 4.78 is 0. The molecule has 0 aromatic heterocycles. The van der Waals surface area contributed by atoms with Gasteiger partial charge in [0, 0.05) is 18.4 Å². The Hall–Kier alpha value is -1.10. The number of piperidine rings is 1. The highest BCUT2D eigenvalue weighted by molar-refractivity contribution is 5.87. The van der Waals surface area contributed by atoms with Crippen LogP contribution in [0.15, 0.2) is 0 Å². The van der Waals surface area contributed by atoms with Crippen LogP contribution in [0.4, 0.5) is 0 Å². The second-order valence-electron chi connectivity index (χ2n) is 6.90. The summed E-state index contributed by atoms with van der Waals surface area (Å²) in [4.78, 5) is 26.7. The van der Waals surface area contributed by atoms with E-state index in [-0.39, 0.29) is 30.4 Å². The second-order valence-corrected chi connectivity index (χ2v) is 6.90. The topological polar surface area (TPSA) is 83.6 Å². The number of carbonyl (C=O) groups is 2. The fourth-order valence-corrected chi connectivity index (χ4v) is 3.49. The maximum Gasteiger partial charge on any atom is 0.226 e. The molecule has 1 heterocycles. The van der Waals surface area contributed by atoms with Crippen molar-refractivity contribution in [3.05, 3.63) is 0 Å². The van der Waals surface area contributed by atoms with Gasteiger partial charge in [-0.2, -0.15) is 0 Å². The van der Waals surface area contributed by atoms with Gasteiger partial charge in [-0.15, -0.1) is 0 Å². The van der Waals surface area contributed by atoms with Crippen LogP contribution in [0.3, 0.4) is 0 Å². The zero-order valence-corrected chi connectivity index (χ0v) is 14.3. The molecule has 1 fully saturated rings. The number of likely N-dealkylation sites (tertiary alicyclic amines) is 1. The van der Waals surface area contributed by atoms with E-state index in [1.165, 1.54) is 0 Å². The van der Waals surface area contributed by atoms with Crippen LogP contribution in [0.25, 0.3) is 0 Å². The smallest absolute Gasteiger partial charge is 0.226 e. The van der Waals surface area contributed by atoms with Crippen molar-refractivity contribution in [1.82, 2.24) is 4.90 Å². The van der Waals surface area contributed by atoms with Crippen molar-refractivity contribution in [3.63, 3.8) is 0 Å². The molecule has 0 aliphatic carbocycles. The Morgan fingerprint density at radius 3 is 2.45 bits per heavy atom. The lowest BCUT2D eigenvalue weighted by Gasteiger charge is -2.38. The van der Waals surface area contributed by atoms with Gasteiger partial charge in [-0.1, -0.05) is 27.2 Å². The Balaban J connectivity index is 2.97. The lowest BCUT2D eigenvalue weighted by molar-refractivity contribution is -0.146. The molecule has 1 aliphatic heterocycles. The number of carbonyl (C=O) groups excluding carboxylic acids is 2. The fourth-order valence-electron chi connectivity index (χ4n) is 3.49. The van der Waals surface area contributed by atoms with Crippen molar-refractivity contribution in [2.45, 2.75) is 65.3 Å². The molecule has 0 radical (unpaired) electrons. The minimum absolute atomic E-state index is 0.00435. The third-order valence-electron chi connectivity index (χ3n) is 4.61. The van der Waals surface area contributed by atoms with Crippen molar-refractivity contribution in [2.75, 3.05) is 13.2 Å². The van der Waals surface area contributed by atoms with E-state index < -0.39 is 5.92 Å². The van der Waals surface area contributed by atoms with E-state index in [1.54, 1.807) is 4.90 Å². The number of nitrogens with two attached hydrogens (primary N) is 1. The number of nitrogens with zero attached hydrogens (tertiary/aromatic N) is 1. The maximum absolute atomic E-state index is 13.0. The summed E-state index contributed by atoms with van der Waals surface area (Å²) in [6.07, 6.45) is 4.99. The Bertz CT molecular complexity index is 371. The molecule has 0 saturated carbocycles. The zero-order chi connectivity index (χ0) is 16.7. The van der Waals surface area contributed by atoms with E-state index in [1.807, 2.05) is 6.92 Å².